The monoisotopic (exact) mass is 362 g/mol. The van der Waals surface area contributed by atoms with E-state index in [-0.39, 0.29) is 11.9 Å². The number of anilines is 1. The van der Waals surface area contributed by atoms with E-state index in [1.165, 1.54) is 0 Å². The molecule has 1 atom stereocenters. The number of likely N-dealkylation sites (tertiary alicyclic amines) is 1. The first-order valence-electron chi connectivity index (χ1n) is 8.97. The molecule has 0 spiro atoms. The third kappa shape index (κ3) is 3.81. The maximum absolute atomic E-state index is 12.7. The van der Waals surface area contributed by atoms with Crippen molar-refractivity contribution in [3.8, 4) is 0 Å². The number of carbonyl (C=O) groups is 1. The molecule has 1 aromatic heterocycles. The maximum atomic E-state index is 12.7. The van der Waals surface area contributed by atoms with Crippen molar-refractivity contribution in [2.75, 3.05) is 31.6 Å². The normalized spacial score (nSPS) is 22.5. The minimum atomic E-state index is -0.0698. The van der Waals surface area contributed by atoms with Gasteiger partial charge in [-0.1, -0.05) is 11.6 Å². The second-order valence-electron chi connectivity index (χ2n) is 6.94. The Hall–Kier alpha value is -1.63. The molecule has 3 heterocycles. The van der Waals surface area contributed by atoms with Crippen LogP contribution in [0.4, 0.5) is 5.95 Å². The van der Waals surface area contributed by atoms with E-state index in [2.05, 4.69) is 20.2 Å². The third-order valence-electron chi connectivity index (χ3n) is 5.19. The fraction of sp³-hybridized carbons (Fsp3) is 0.556. The lowest BCUT2D eigenvalue weighted by atomic mass is 9.99. The summed E-state index contributed by atoms with van der Waals surface area (Å²) in [6.07, 6.45) is 4.16. The number of H-pyrrole nitrogens is 1. The molecule has 7 heteroatoms. The van der Waals surface area contributed by atoms with E-state index >= 15 is 0 Å². The first-order valence-corrected chi connectivity index (χ1v) is 9.35. The molecular weight excluding hydrogens is 340 g/mol. The van der Waals surface area contributed by atoms with E-state index in [0.717, 1.165) is 63.0 Å². The van der Waals surface area contributed by atoms with Crippen molar-refractivity contribution < 1.29 is 9.53 Å². The Morgan fingerprint density at radius 1 is 1.36 bits per heavy atom. The molecule has 2 aromatic rings. The van der Waals surface area contributed by atoms with Crippen LogP contribution in [0.3, 0.4) is 0 Å². The number of fused-ring (bicyclic) bond motifs is 1. The maximum Gasteiger partial charge on any atom is 0.244 e. The van der Waals surface area contributed by atoms with E-state index in [4.69, 9.17) is 16.3 Å². The summed E-state index contributed by atoms with van der Waals surface area (Å²) in [4.78, 5) is 22.6. The molecule has 0 aliphatic carbocycles. The Balaban J connectivity index is 1.41. The molecule has 0 radical (unpaired) electrons. The molecule has 2 aliphatic heterocycles. The zero-order chi connectivity index (χ0) is 17.2. The fourth-order valence-corrected chi connectivity index (χ4v) is 4.02. The highest BCUT2D eigenvalue weighted by Gasteiger charge is 2.32. The number of nitrogens with zero attached hydrogens (tertiary/aromatic N) is 2. The summed E-state index contributed by atoms with van der Waals surface area (Å²) in [5.41, 5.74) is 1.62. The van der Waals surface area contributed by atoms with Crippen molar-refractivity contribution in [1.29, 1.82) is 0 Å². The number of amides is 1. The molecule has 0 bridgehead atoms. The minimum Gasteiger partial charge on any atom is -0.381 e. The van der Waals surface area contributed by atoms with Gasteiger partial charge in [-0.2, -0.15) is 0 Å². The molecule has 2 aliphatic rings. The topological polar surface area (TPSA) is 70.2 Å². The first-order chi connectivity index (χ1) is 12.2. The number of hydrogen-bond donors (Lipinski definition) is 2. The molecule has 0 saturated carbocycles. The lowest BCUT2D eigenvalue weighted by molar-refractivity contribution is -0.120. The molecule has 6 nitrogen and oxygen atoms in total. The average Bonchev–Trinajstić information content (AvgIpc) is 3.21. The van der Waals surface area contributed by atoms with Crippen LogP contribution < -0.4 is 5.32 Å². The van der Waals surface area contributed by atoms with Gasteiger partial charge in [0.05, 0.1) is 17.1 Å². The highest BCUT2D eigenvalue weighted by molar-refractivity contribution is 6.31. The van der Waals surface area contributed by atoms with Gasteiger partial charge in [0.2, 0.25) is 11.9 Å². The Morgan fingerprint density at radius 3 is 3.04 bits per heavy atom. The highest BCUT2D eigenvalue weighted by atomic mass is 35.5. The first kappa shape index (κ1) is 16.8. The summed E-state index contributed by atoms with van der Waals surface area (Å²) in [5, 5.41) is 3.59. The zero-order valence-corrected chi connectivity index (χ0v) is 14.9. The van der Waals surface area contributed by atoms with Crippen molar-refractivity contribution in [3.63, 3.8) is 0 Å². The smallest absolute Gasteiger partial charge is 0.244 e. The second kappa shape index (κ2) is 7.32. The number of nitrogens with one attached hydrogen (secondary N) is 2. The van der Waals surface area contributed by atoms with Crippen molar-refractivity contribution in [2.45, 2.75) is 31.7 Å². The summed E-state index contributed by atoms with van der Waals surface area (Å²) >= 11 is 6.00. The molecule has 4 rings (SSSR count). The number of benzene rings is 1. The standard InChI is InChI=1S/C18H23ClN4O2/c19-13-3-4-14-15(10-13)21-18(20-14)22-17(24)16-2-1-7-23(16)11-12-5-8-25-9-6-12/h3-4,10,12,16H,1-2,5-9,11H2,(H2,20,21,22,24). The van der Waals surface area contributed by atoms with Gasteiger partial charge >= 0.3 is 0 Å². The molecule has 2 saturated heterocycles. The van der Waals surface area contributed by atoms with Gasteiger partial charge in [-0.05, 0) is 56.3 Å². The van der Waals surface area contributed by atoms with E-state index in [9.17, 15) is 4.79 Å². The van der Waals surface area contributed by atoms with Crippen LogP contribution in [0.15, 0.2) is 18.2 Å². The molecule has 1 unspecified atom stereocenters. The molecule has 134 valence electrons. The van der Waals surface area contributed by atoms with Crippen LogP contribution in [0.5, 0.6) is 0 Å². The number of aromatic amines is 1. The quantitative estimate of drug-likeness (QED) is 0.877. The minimum absolute atomic E-state index is 0.0229. The van der Waals surface area contributed by atoms with Crippen molar-refractivity contribution >= 4 is 34.5 Å². The summed E-state index contributed by atoms with van der Waals surface area (Å²) in [5.74, 6) is 1.14. The van der Waals surface area contributed by atoms with E-state index in [1.54, 1.807) is 6.07 Å². The van der Waals surface area contributed by atoms with Crippen LogP contribution in [0, 0.1) is 5.92 Å². The van der Waals surface area contributed by atoms with E-state index < -0.39 is 0 Å². The number of hydrogen-bond acceptors (Lipinski definition) is 4. The van der Waals surface area contributed by atoms with E-state index in [0.29, 0.717) is 16.9 Å². The Morgan fingerprint density at radius 2 is 2.20 bits per heavy atom. The van der Waals surface area contributed by atoms with Gasteiger partial charge in [0.15, 0.2) is 0 Å². The van der Waals surface area contributed by atoms with Crippen molar-refractivity contribution in [2.24, 2.45) is 5.92 Å². The number of halogens is 1. The van der Waals surface area contributed by atoms with Crippen molar-refractivity contribution in [1.82, 2.24) is 14.9 Å². The highest BCUT2D eigenvalue weighted by Crippen LogP contribution is 2.24. The lowest BCUT2D eigenvalue weighted by Gasteiger charge is -2.30. The van der Waals surface area contributed by atoms with Crippen LogP contribution in [0.25, 0.3) is 11.0 Å². The molecule has 1 aromatic carbocycles. The molecule has 2 fully saturated rings. The van der Waals surface area contributed by atoms with Gasteiger partial charge < -0.3 is 9.72 Å². The molecule has 25 heavy (non-hydrogen) atoms. The Bertz CT molecular complexity index is 757. The molecule has 1 amide bonds. The van der Waals surface area contributed by atoms with Gasteiger partial charge in [-0.25, -0.2) is 4.98 Å². The summed E-state index contributed by atoms with van der Waals surface area (Å²) < 4.78 is 5.44. The van der Waals surface area contributed by atoms with Crippen LogP contribution in [-0.2, 0) is 9.53 Å². The van der Waals surface area contributed by atoms with E-state index in [1.807, 2.05) is 12.1 Å². The van der Waals surface area contributed by atoms with Gasteiger partial charge in [0, 0.05) is 24.8 Å². The summed E-state index contributed by atoms with van der Waals surface area (Å²) in [7, 11) is 0. The second-order valence-corrected chi connectivity index (χ2v) is 7.38. The Kier molecular flexibility index (Phi) is 4.92. The van der Waals surface area contributed by atoms with Crippen LogP contribution >= 0.6 is 11.6 Å². The SMILES string of the molecule is O=C(Nc1nc2ccc(Cl)cc2[nH]1)C1CCCN1CC1CCOCC1. The van der Waals surface area contributed by atoms with Gasteiger partial charge in [-0.3, -0.25) is 15.0 Å². The largest absolute Gasteiger partial charge is 0.381 e. The number of ether oxygens (including phenoxy) is 1. The third-order valence-corrected chi connectivity index (χ3v) is 5.42. The predicted molar refractivity (Wildman–Crippen MR) is 97.9 cm³/mol. The zero-order valence-electron chi connectivity index (χ0n) is 14.1. The fourth-order valence-electron chi connectivity index (χ4n) is 3.84. The number of rotatable bonds is 4. The molecule has 2 N–H and O–H groups in total. The van der Waals surface area contributed by atoms with Gasteiger partial charge in [0.25, 0.3) is 0 Å². The van der Waals surface area contributed by atoms with Crippen molar-refractivity contribution in [3.05, 3.63) is 23.2 Å². The van der Waals surface area contributed by atoms with Gasteiger partial charge in [-0.15, -0.1) is 0 Å². The summed E-state index contributed by atoms with van der Waals surface area (Å²) in [6.45, 7) is 3.66. The van der Waals surface area contributed by atoms with Crippen LogP contribution in [0.2, 0.25) is 5.02 Å². The number of aromatic nitrogens is 2. The predicted octanol–water partition coefficient (Wildman–Crippen LogP) is 3.05. The van der Waals surface area contributed by atoms with Gasteiger partial charge in [0.1, 0.15) is 0 Å². The average molecular weight is 363 g/mol. The molecular formula is C18H23ClN4O2. The number of imidazole rings is 1. The lowest BCUT2D eigenvalue weighted by Crippen LogP contribution is -2.42. The van der Waals surface area contributed by atoms with Crippen LogP contribution in [0.1, 0.15) is 25.7 Å². The van der Waals surface area contributed by atoms with Crippen LogP contribution in [-0.4, -0.2) is 53.1 Å². The number of carbonyl (C=O) groups excluding carboxylic acids is 1. The summed E-state index contributed by atoms with van der Waals surface area (Å²) in [6, 6.07) is 5.38. The Labute approximate surface area is 151 Å².